The van der Waals surface area contributed by atoms with Crippen molar-refractivity contribution in [2.45, 2.75) is 39.8 Å². The second kappa shape index (κ2) is 5.15. The van der Waals surface area contributed by atoms with Crippen LogP contribution in [0.15, 0.2) is 6.20 Å². The highest BCUT2D eigenvalue weighted by molar-refractivity contribution is 7.15. The van der Waals surface area contributed by atoms with Gasteiger partial charge in [-0.3, -0.25) is 0 Å². The van der Waals surface area contributed by atoms with Gasteiger partial charge in [-0.25, -0.2) is 4.98 Å². The molecular weight excluding hydrogens is 218 g/mol. The van der Waals surface area contributed by atoms with Crippen molar-refractivity contribution in [1.29, 1.82) is 0 Å². The molecule has 0 radical (unpaired) electrons. The van der Waals surface area contributed by atoms with Gasteiger partial charge in [0.1, 0.15) is 0 Å². The quantitative estimate of drug-likeness (QED) is 0.826. The van der Waals surface area contributed by atoms with E-state index in [1.807, 2.05) is 17.5 Å². The van der Waals surface area contributed by atoms with Gasteiger partial charge in [0, 0.05) is 36.8 Å². The third-order valence-electron chi connectivity index (χ3n) is 3.22. The smallest absolute Gasteiger partial charge is 0.185 e. The number of rotatable bonds is 6. The number of hydrogen-bond donors (Lipinski definition) is 1. The van der Waals surface area contributed by atoms with Gasteiger partial charge in [-0.2, -0.15) is 0 Å². The van der Waals surface area contributed by atoms with Gasteiger partial charge in [0.25, 0.3) is 0 Å². The van der Waals surface area contributed by atoms with E-state index in [1.54, 1.807) is 0 Å². The van der Waals surface area contributed by atoms with Gasteiger partial charge in [-0.1, -0.05) is 6.92 Å². The molecule has 1 fully saturated rings. The molecule has 0 spiro atoms. The predicted octanol–water partition coefficient (Wildman–Crippen LogP) is 2.49. The maximum Gasteiger partial charge on any atom is 0.185 e. The maximum absolute atomic E-state index is 4.48. The van der Waals surface area contributed by atoms with E-state index in [4.69, 9.17) is 0 Å². The lowest BCUT2D eigenvalue weighted by Crippen LogP contribution is -2.21. The number of nitrogens with one attached hydrogen (secondary N) is 1. The Morgan fingerprint density at radius 2 is 2.19 bits per heavy atom. The molecule has 0 bridgehead atoms. The van der Waals surface area contributed by atoms with Gasteiger partial charge in [0.15, 0.2) is 5.13 Å². The Kier molecular flexibility index (Phi) is 3.82. The minimum atomic E-state index is 0.749. The molecule has 1 aliphatic rings. The Labute approximate surface area is 102 Å². The van der Waals surface area contributed by atoms with Gasteiger partial charge >= 0.3 is 0 Å². The van der Waals surface area contributed by atoms with Gasteiger partial charge in [0.05, 0.1) is 0 Å². The zero-order valence-corrected chi connectivity index (χ0v) is 11.2. The molecule has 1 heterocycles. The highest BCUT2D eigenvalue weighted by Crippen LogP contribution is 2.30. The van der Waals surface area contributed by atoms with Crippen molar-refractivity contribution < 1.29 is 0 Å². The van der Waals surface area contributed by atoms with E-state index in [1.165, 1.54) is 11.3 Å². The van der Waals surface area contributed by atoms with Crippen LogP contribution in [0.1, 0.15) is 32.1 Å². The highest BCUT2D eigenvalue weighted by Gasteiger charge is 2.31. The Bertz CT molecular complexity index is 333. The second-order valence-corrected chi connectivity index (χ2v) is 5.58. The first-order valence-corrected chi connectivity index (χ1v) is 6.99. The first kappa shape index (κ1) is 11.9. The Morgan fingerprint density at radius 1 is 1.50 bits per heavy atom. The van der Waals surface area contributed by atoms with E-state index in [0.29, 0.717) is 0 Å². The van der Waals surface area contributed by atoms with Gasteiger partial charge < -0.3 is 10.2 Å². The Balaban J connectivity index is 1.86. The molecule has 4 heteroatoms. The van der Waals surface area contributed by atoms with Crippen LogP contribution in [-0.2, 0) is 6.54 Å². The third-order valence-corrected chi connectivity index (χ3v) is 4.28. The van der Waals surface area contributed by atoms with Crippen molar-refractivity contribution in [2.75, 3.05) is 18.0 Å². The third kappa shape index (κ3) is 2.74. The molecule has 2 rings (SSSR count). The lowest BCUT2D eigenvalue weighted by Gasteiger charge is -2.16. The van der Waals surface area contributed by atoms with Crippen LogP contribution >= 0.6 is 11.3 Å². The topological polar surface area (TPSA) is 28.2 Å². The first-order chi connectivity index (χ1) is 7.74. The minimum absolute atomic E-state index is 0.749. The lowest BCUT2D eigenvalue weighted by atomic mass is 10.4. The highest BCUT2D eigenvalue weighted by atomic mass is 32.1. The molecule has 1 N–H and O–H groups in total. The summed E-state index contributed by atoms with van der Waals surface area (Å²) in [5.74, 6) is 0.871. The molecule has 16 heavy (non-hydrogen) atoms. The molecule has 1 aromatic rings. The van der Waals surface area contributed by atoms with Crippen LogP contribution in [0.5, 0.6) is 0 Å². The summed E-state index contributed by atoms with van der Waals surface area (Å²) in [4.78, 5) is 8.13. The summed E-state index contributed by atoms with van der Waals surface area (Å²) in [5.41, 5.74) is 0. The summed E-state index contributed by atoms with van der Waals surface area (Å²) in [6.07, 6.45) is 3.35. The maximum atomic E-state index is 4.48. The van der Waals surface area contributed by atoms with Crippen molar-refractivity contribution in [3.05, 3.63) is 11.1 Å². The summed E-state index contributed by atoms with van der Waals surface area (Å²) in [7, 11) is 0. The van der Waals surface area contributed by atoms with Crippen LogP contribution in [-0.4, -0.2) is 24.1 Å². The number of aromatic nitrogens is 1. The lowest BCUT2D eigenvalue weighted by molar-refractivity contribution is 0.657. The average Bonchev–Trinajstić information content (AvgIpc) is 2.79. The van der Waals surface area contributed by atoms with Crippen LogP contribution in [0, 0.1) is 5.92 Å². The van der Waals surface area contributed by atoms with Crippen molar-refractivity contribution >= 4 is 16.5 Å². The van der Waals surface area contributed by atoms with Gasteiger partial charge in [-0.05, 0) is 26.2 Å². The fraction of sp³-hybridized carbons (Fsp3) is 0.750. The van der Waals surface area contributed by atoms with Crippen molar-refractivity contribution in [2.24, 2.45) is 5.92 Å². The standard InChI is InChI=1S/C12H21N3S/c1-4-15(5-2)12-14-8-10(16-12)7-13-11-6-9(11)3/h8-9,11,13H,4-7H2,1-3H3. The number of thiazole rings is 1. The second-order valence-electron chi connectivity index (χ2n) is 4.48. The summed E-state index contributed by atoms with van der Waals surface area (Å²) < 4.78 is 0. The molecule has 0 aromatic carbocycles. The molecule has 0 aliphatic heterocycles. The monoisotopic (exact) mass is 239 g/mol. The van der Waals surface area contributed by atoms with Crippen LogP contribution in [0.25, 0.3) is 0 Å². The van der Waals surface area contributed by atoms with Gasteiger partial charge in [-0.15, -0.1) is 11.3 Å². The zero-order chi connectivity index (χ0) is 11.5. The molecule has 2 unspecified atom stereocenters. The predicted molar refractivity (Wildman–Crippen MR) is 70.1 cm³/mol. The largest absolute Gasteiger partial charge is 0.349 e. The van der Waals surface area contributed by atoms with Crippen LogP contribution < -0.4 is 10.2 Å². The van der Waals surface area contributed by atoms with E-state index >= 15 is 0 Å². The van der Waals surface area contributed by atoms with Crippen molar-refractivity contribution in [1.82, 2.24) is 10.3 Å². The molecule has 1 saturated carbocycles. The van der Waals surface area contributed by atoms with E-state index in [2.05, 4.69) is 36.0 Å². The number of hydrogen-bond acceptors (Lipinski definition) is 4. The molecule has 0 saturated heterocycles. The Morgan fingerprint density at radius 3 is 2.75 bits per heavy atom. The first-order valence-electron chi connectivity index (χ1n) is 6.17. The molecule has 0 amide bonds. The van der Waals surface area contributed by atoms with E-state index in [0.717, 1.165) is 36.7 Å². The fourth-order valence-corrected chi connectivity index (χ4v) is 2.85. The molecule has 3 nitrogen and oxygen atoms in total. The number of nitrogens with zero attached hydrogens (tertiary/aromatic N) is 2. The number of anilines is 1. The van der Waals surface area contributed by atoms with Crippen LogP contribution in [0.4, 0.5) is 5.13 Å². The zero-order valence-electron chi connectivity index (χ0n) is 10.4. The van der Waals surface area contributed by atoms with E-state index in [-0.39, 0.29) is 0 Å². The summed E-state index contributed by atoms with van der Waals surface area (Å²) in [6, 6.07) is 0.749. The van der Waals surface area contributed by atoms with Crippen molar-refractivity contribution in [3.8, 4) is 0 Å². The fourth-order valence-electron chi connectivity index (χ4n) is 1.86. The molecule has 1 aromatic heterocycles. The minimum Gasteiger partial charge on any atom is -0.349 e. The Hall–Kier alpha value is -0.610. The molecular formula is C12H21N3S. The average molecular weight is 239 g/mol. The van der Waals surface area contributed by atoms with Crippen LogP contribution in [0.3, 0.4) is 0 Å². The van der Waals surface area contributed by atoms with Crippen LogP contribution in [0.2, 0.25) is 0 Å². The summed E-state index contributed by atoms with van der Waals surface area (Å²) >= 11 is 1.81. The molecule has 90 valence electrons. The van der Waals surface area contributed by atoms with E-state index in [9.17, 15) is 0 Å². The normalized spacial score (nSPS) is 23.4. The molecule has 1 aliphatic carbocycles. The van der Waals surface area contributed by atoms with Crippen molar-refractivity contribution in [3.63, 3.8) is 0 Å². The van der Waals surface area contributed by atoms with Gasteiger partial charge in [0.2, 0.25) is 0 Å². The summed E-state index contributed by atoms with van der Waals surface area (Å²) in [6.45, 7) is 9.70. The molecule has 2 atom stereocenters. The van der Waals surface area contributed by atoms with E-state index < -0.39 is 0 Å². The SMILES string of the molecule is CCN(CC)c1ncc(CNC2CC2C)s1. The summed E-state index contributed by atoms with van der Waals surface area (Å²) in [5, 5.41) is 4.72.